The van der Waals surface area contributed by atoms with Gasteiger partial charge in [-0.25, -0.2) is 4.39 Å². The van der Waals surface area contributed by atoms with Gasteiger partial charge in [0.25, 0.3) is 0 Å². The van der Waals surface area contributed by atoms with E-state index >= 15 is 0 Å². The monoisotopic (exact) mass is 487 g/mol. The fourth-order valence-electron chi connectivity index (χ4n) is 2.37. The van der Waals surface area contributed by atoms with Crippen molar-refractivity contribution in [3.8, 4) is 5.75 Å². The normalized spacial score (nSPS) is 12.1. The molecule has 0 aliphatic rings. The number of guanidine groups is 1. The van der Waals surface area contributed by atoms with Crippen LogP contribution >= 0.6 is 24.0 Å². The Morgan fingerprint density at radius 2 is 1.85 bits per heavy atom. The highest BCUT2D eigenvalue weighted by molar-refractivity contribution is 14.0. The molecule has 0 saturated heterocycles. The largest absolute Gasteiger partial charge is 0.491 e. The number of rotatable bonds is 8. The third kappa shape index (κ3) is 8.57. The van der Waals surface area contributed by atoms with E-state index < -0.39 is 6.10 Å². The molecule has 27 heavy (non-hydrogen) atoms. The van der Waals surface area contributed by atoms with Gasteiger partial charge in [-0.15, -0.1) is 24.0 Å². The van der Waals surface area contributed by atoms with E-state index in [-0.39, 0.29) is 42.9 Å². The lowest BCUT2D eigenvalue weighted by atomic mass is 10.2. The molecular weight excluding hydrogens is 460 g/mol. The van der Waals surface area contributed by atoms with Crippen molar-refractivity contribution in [3.63, 3.8) is 0 Å². The standard InChI is InChI=1S/C20H26FN3O2.HI/c1-3-22-20(24(2)14-16-7-5-4-6-8-16)23-13-18(25)15-26-19-11-9-17(21)10-12-19;/h4-12,18,25H,3,13-15H2,1-2H3,(H,22,23);1H. The van der Waals surface area contributed by atoms with Gasteiger partial charge in [-0.3, -0.25) is 4.99 Å². The lowest BCUT2D eigenvalue weighted by Crippen LogP contribution is -2.39. The Kier molecular flexibility index (Phi) is 10.7. The van der Waals surface area contributed by atoms with Crippen LogP contribution in [0.15, 0.2) is 59.6 Å². The lowest BCUT2D eigenvalue weighted by Gasteiger charge is -2.22. The zero-order valence-electron chi connectivity index (χ0n) is 15.6. The molecule has 0 heterocycles. The number of hydrogen-bond donors (Lipinski definition) is 2. The fourth-order valence-corrected chi connectivity index (χ4v) is 2.37. The molecular formula is C20H27FIN3O2. The van der Waals surface area contributed by atoms with Crippen molar-refractivity contribution in [3.05, 3.63) is 66.0 Å². The zero-order chi connectivity index (χ0) is 18.8. The van der Waals surface area contributed by atoms with Crippen LogP contribution in [-0.2, 0) is 6.54 Å². The average Bonchev–Trinajstić information content (AvgIpc) is 2.65. The molecule has 0 spiro atoms. The van der Waals surface area contributed by atoms with Crippen LogP contribution < -0.4 is 10.1 Å². The Labute approximate surface area is 177 Å². The van der Waals surface area contributed by atoms with Gasteiger partial charge in [0, 0.05) is 20.1 Å². The summed E-state index contributed by atoms with van der Waals surface area (Å²) < 4.78 is 18.3. The molecule has 7 heteroatoms. The maximum Gasteiger partial charge on any atom is 0.194 e. The Morgan fingerprint density at radius 1 is 1.19 bits per heavy atom. The summed E-state index contributed by atoms with van der Waals surface area (Å²) in [6, 6.07) is 15.8. The topological polar surface area (TPSA) is 57.1 Å². The van der Waals surface area contributed by atoms with Gasteiger partial charge >= 0.3 is 0 Å². The first kappa shape index (κ1) is 23.2. The summed E-state index contributed by atoms with van der Waals surface area (Å²) in [4.78, 5) is 6.48. The summed E-state index contributed by atoms with van der Waals surface area (Å²) in [6.45, 7) is 3.76. The molecule has 2 aromatic rings. The van der Waals surface area contributed by atoms with Gasteiger partial charge < -0.3 is 20.1 Å². The SMILES string of the molecule is CCNC(=NCC(O)COc1ccc(F)cc1)N(C)Cc1ccccc1.I. The van der Waals surface area contributed by atoms with Crippen LogP contribution in [0.25, 0.3) is 0 Å². The van der Waals surface area contributed by atoms with E-state index in [1.807, 2.05) is 37.1 Å². The van der Waals surface area contributed by atoms with E-state index in [9.17, 15) is 9.50 Å². The van der Waals surface area contributed by atoms with Gasteiger partial charge in [-0.05, 0) is 36.8 Å². The van der Waals surface area contributed by atoms with E-state index in [1.54, 1.807) is 0 Å². The minimum absolute atomic E-state index is 0. The van der Waals surface area contributed by atoms with E-state index in [2.05, 4.69) is 22.4 Å². The maximum absolute atomic E-state index is 12.9. The maximum atomic E-state index is 12.9. The molecule has 5 nitrogen and oxygen atoms in total. The molecule has 2 rings (SSSR count). The van der Waals surface area contributed by atoms with E-state index in [1.165, 1.54) is 29.8 Å². The van der Waals surface area contributed by atoms with Gasteiger partial charge in [-0.2, -0.15) is 0 Å². The molecule has 1 unspecified atom stereocenters. The number of aliphatic imine (C=N–C) groups is 1. The molecule has 0 fully saturated rings. The van der Waals surface area contributed by atoms with Crippen molar-refractivity contribution in [2.75, 3.05) is 26.7 Å². The first-order chi connectivity index (χ1) is 12.6. The second kappa shape index (κ2) is 12.5. The van der Waals surface area contributed by atoms with Crippen LogP contribution in [0.5, 0.6) is 5.75 Å². The minimum Gasteiger partial charge on any atom is -0.491 e. The van der Waals surface area contributed by atoms with Crippen LogP contribution in [-0.4, -0.2) is 48.8 Å². The molecule has 0 radical (unpaired) electrons. The van der Waals surface area contributed by atoms with E-state index in [0.29, 0.717) is 5.75 Å². The van der Waals surface area contributed by atoms with Gasteiger partial charge in [0.15, 0.2) is 5.96 Å². The highest BCUT2D eigenvalue weighted by atomic mass is 127. The predicted octanol–water partition coefficient (Wildman–Crippen LogP) is 3.28. The van der Waals surface area contributed by atoms with Crippen LogP contribution in [0.1, 0.15) is 12.5 Å². The summed E-state index contributed by atoms with van der Waals surface area (Å²) in [5, 5.41) is 13.3. The molecule has 0 saturated carbocycles. The Morgan fingerprint density at radius 3 is 2.48 bits per heavy atom. The Balaban J connectivity index is 0.00000364. The van der Waals surface area contributed by atoms with Gasteiger partial charge in [0.1, 0.15) is 24.3 Å². The average molecular weight is 487 g/mol. The Hall–Kier alpha value is -1.87. The number of hydrogen-bond acceptors (Lipinski definition) is 3. The predicted molar refractivity (Wildman–Crippen MR) is 117 cm³/mol. The summed E-state index contributed by atoms with van der Waals surface area (Å²) in [5.74, 6) is 0.916. The zero-order valence-corrected chi connectivity index (χ0v) is 18.0. The number of aliphatic hydroxyl groups is 1. The molecule has 0 aliphatic heterocycles. The van der Waals surface area contributed by atoms with Gasteiger partial charge in [0.2, 0.25) is 0 Å². The van der Waals surface area contributed by atoms with Crippen molar-refractivity contribution in [1.82, 2.24) is 10.2 Å². The fraction of sp³-hybridized carbons (Fsp3) is 0.350. The highest BCUT2D eigenvalue weighted by Crippen LogP contribution is 2.11. The molecule has 2 aromatic carbocycles. The molecule has 0 aliphatic carbocycles. The molecule has 0 bridgehead atoms. The van der Waals surface area contributed by atoms with Gasteiger partial charge in [-0.1, -0.05) is 30.3 Å². The first-order valence-electron chi connectivity index (χ1n) is 8.68. The van der Waals surface area contributed by atoms with Crippen molar-refractivity contribution < 1.29 is 14.2 Å². The number of benzene rings is 2. The third-order valence-corrected chi connectivity index (χ3v) is 3.67. The quantitative estimate of drug-likeness (QED) is 0.341. The second-order valence-corrected chi connectivity index (χ2v) is 5.96. The third-order valence-electron chi connectivity index (χ3n) is 3.67. The number of ether oxygens (including phenoxy) is 1. The number of nitrogens with zero attached hydrogens (tertiary/aromatic N) is 2. The van der Waals surface area contributed by atoms with Crippen LogP contribution in [0, 0.1) is 5.82 Å². The van der Waals surface area contributed by atoms with E-state index in [4.69, 9.17) is 4.74 Å². The summed E-state index contributed by atoms with van der Waals surface area (Å²) in [7, 11) is 1.95. The molecule has 0 amide bonds. The smallest absolute Gasteiger partial charge is 0.194 e. The minimum atomic E-state index is -0.751. The highest BCUT2D eigenvalue weighted by Gasteiger charge is 2.09. The number of nitrogens with one attached hydrogen (secondary N) is 1. The van der Waals surface area contributed by atoms with Crippen LogP contribution in [0.2, 0.25) is 0 Å². The first-order valence-corrected chi connectivity index (χ1v) is 8.68. The molecule has 148 valence electrons. The molecule has 1 atom stereocenters. The van der Waals surface area contributed by atoms with Crippen molar-refractivity contribution in [2.24, 2.45) is 4.99 Å². The van der Waals surface area contributed by atoms with Crippen molar-refractivity contribution in [2.45, 2.75) is 19.6 Å². The van der Waals surface area contributed by atoms with Gasteiger partial charge in [0.05, 0.1) is 6.54 Å². The number of aliphatic hydroxyl groups excluding tert-OH is 1. The van der Waals surface area contributed by atoms with E-state index in [0.717, 1.165) is 19.0 Å². The van der Waals surface area contributed by atoms with Crippen LogP contribution in [0.4, 0.5) is 4.39 Å². The molecule has 0 aromatic heterocycles. The van der Waals surface area contributed by atoms with Crippen LogP contribution in [0.3, 0.4) is 0 Å². The number of halogens is 2. The van der Waals surface area contributed by atoms with Crippen molar-refractivity contribution in [1.29, 1.82) is 0 Å². The lowest BCUT2D eigenvalue weighted by molar-refractivity contribution is 0.114. The summed E-state index contributed by atoms with van der Waals surface area (Å²) in [6.07, 6.45) is -0.751. The summed E-state index contributed by atoms with van der Waals surface area (Å²) >= 11 is 0. The molecule has 2 N–H and O–H groups in total. The Bertz CT molecular complexity index is 683. The van der Waals surface area contributed by atoms with Crippen molar-refractivity contribution >= 4 is 29.9 Å². The summed E-state index contributed by atoms with van der Waals surface area (Å²) in [5.41, 5.74) is 1.18. The second-order valence-electron chi connectivity index (χ2n) is 5.96.